The number of alkyl carbamates (subject to hydrolysis) is 1. The molecule has 0 aliphatic rings. The summed E-state index contributed by atoms with van der Waals surface area (Å²) in [5.41, 5.74) is -0.565. The van der Waals surface area contributed by atoms with Crippen molar-refractivity contribution in [3.8, 4) is 0 Å². The highest BCUT2D eigenvalue weighted by molar-refractivity contribution is 5.67. The molecule has 0 aromatic carbocycles. The number of unbranched alkanes of at least 4 members (excludes halogenated alkanes) is 3. The van der Waals surface area contributed by atoms with Crippen LogP contribution < -0.4 is 5.32 Å². The number of nitrogens with zero attached hydrogens (tertiary/aromatic N) is 1. The highest BCUT2D eigenvalue weighted by Crippen LogP contribution is 2.07. The number of ether oxygens (including phenoxy) is 1. The molecule has 0 rings (SSSR count). The molecule has 0 spiro atoms. The minimum atomic E-state index is -1.42. The summed E-state index contributed by atoms with van der Waals surface area (Å²) in [5, 5.41) is 40.9. The quantitative estimate of drug-likeness (QED) is 0.295. The first-order valence-corrected chi connectivity index (χ1v) is 9.45. The van der Waals surface area contributed by atoms with Gasteiger partial charge in [0.25, 0.3) is 0 Å². The second-order valence-electron chi connectivity index (χ2n) is 7.60. The Bertz CT molecular complexity index is 375. The predicted molar refractivity (Wildman–Crippen MR) is 99.9 cm³/mol. The van der Waals surface area contributed by atoms with Crippen LogP contribution >= 0.6 is 0 Å². The van der Waals surface area contributed by atoms with Crippen molar-refractivity contribution < 1.29 is 30.0 Å². The van der Waals surface area contributed by atoms with Crippen molar-refractivity contribution in [2.75, 3.05) is 32.8 Å². The number of hydrogen-bond acceptors (Lipinski definition) is 7. The lowest BCUT2D eigenvalue weighted by Gasteiger charge is -2.29. The van der Waals surface area contributed by atoms with Gasteiger partial charge in [-0.2, -0.15) is 0 Å². The van der Waals surface area contributed by atoms with E-state index in [2.05, 4.69) is 12.2 Å². The first-order valence-electron chi connectivity index (χ1n) is 9.45. The summed E-state index contributed by atoms with van der Waals surface area (Å²) in [6.45, 7) is 8.53. The van der Waals surface area contributed by atoms with Crippen LogP contribution in [0.1, 0.15) is 53.4 Å². The SMILES string of the molecule is CCCCCCN(CCNC(=O)OC(C)(C)C)CC(O)C(O)C(O)CO. The first-order chi connectivity index (χ1) is 12.1. The zero-order valence-electron chi connectivity index (χ0n) is 16.6. The van der Waals surface area contributed by atoms with Gasteiger partial charge in [0.15, 0.2) is 0 Å². The third kappa shape index (κ3) is 12.4. The fourth-order valence-corrected chi connectivity index (χ4v) is 2.42. The second-order valence-corrected chi connectivity index (χ2v) is 7.60. The number of aliphatic hydroxyl groups is 4. The highest BCUT2D eigenvalue weighted by Gasteiger charge is 2.26. The maximum Gasteiger partial charge on any atom is 0.407 e. The Morgan fingerprint density at radius 2 is 1.73 bits per heavy atom. The summed E-state index contributed by atoms with van der Waals surface area (Å²) in [6.07, 6.45) is -0.257. The maximum absolute atomic E-state index is 11.7. The van der Waals surface area contributed by atoms with Gasteiger partial charge in [0.05, 0.1) is 12.7 Å². The minimum absolute atomic E-state index is 0.139. The van der Waals surface area contributed by atoms with Gasteiger partial charge in [-0.25, -0.2) is 4.79 Å². The molecule has 156 valence electrons. The minimum Gasteiger partial charge on any atom is -0.444 e. The topological polar surface area (TPSA) is 122 Å². The van der Waals surface area contributed by atoms with E-state index in [1.54, 1.807) is 20.8 Å². The molecule has 26 heavy (non-hydrogen) atoms. The monoisotopic (exact) mass is 378 g/mol. The molecule has 0 saturated heterocycles. The second kappa shape index (κ2) is 13.3. The van der Waals surface area contributed by atoms with Crippen LogP contribution in [0, 0.1) is 0 Å². The lowest BCUT2D eigenvalue weighted by Crippen LogP contribution is -2.47. The zero-order chi connectivity index (χ0) is 20.2. The van der Waals surface area contributed by atoms with E-state index >= 15 is 0 Å². The van der Waals surface area contributed by atoms with E-state index in [0.717, 1.165) is 25.7 Å². The average Bonchev–Trinajstić information content (AvgIpc) is 2.55. The lowest BCUT2D eigenvalue weighted by molar-refractivity contribution is -0.0840. The van der Waals surface area contributed by atoms with E-state index in [9.17, 15) is 20.1 Å². The van der Waals surface area contributed by atoms with Crippen LogP contribution in [0.15, 0.2) is 0 Å². The Labute approximate surface area is 157 Å². The van der Waals surface area contributed by atoms with Gasteiger partial charge in [0.1, 0.15) is 17.8 Å². The Kier molecular flexibility index (Phi) is 12.8. The van der Waals surface area contributed by atoms with Gasteiger partial charge < -0.3 is 30.5 Å². The predicted octanol–water partition coefficient (Wildman–Crippen LogP) is 0.468. The average molecular weight is 379 g/mol. The number of rotatable bonds is 13. The summed E-state index contributed by atoms with van der Waals surface area (Å²) in [4.78, 5) is 13.6. The molecule has 0 heterocycles. The van der Waals surface area contributed by atoms with Crippen molar-refractivity contribution >= 4 is 6.09 Å². The van der Waals surface area contributed by atoms with Crippen LogP contribution in [-0.4, -0.2) is 88.1 Å². The Morgan fingerprint density at radius 1 is 1.08 bits per heavy atom. The number of nitrogens with one attached hydrogen (secondary N) is 1. The van der Waals surface area contributed by atoms with Crippen molar-refractivity contribution in [2.45, 2.75) is 77.3 Å². The standard InChI is InChI=1S/C18H38N2O6/c1-5-6-7-8-10-20(12-14(22)16(24)15(23)13-21)11-9-19-17(25)26-18(2,3)4/h14-16,21-24H,5-13H2,1-4H3,(H,19,25). The number of hydrogen-bond donors (Lipinski definition) is 5. The van der Waals surface area contributed by atoms with E-state index in [1.807, 2.05) is 4.90 Å². The Hall–Kier alpha value is -0.930. The van der Waals surface area contributed by atoms with Crippen LogP contribution in [0.3, 0.4) is 0 Å². The van der Waals surface area contributed by atoms with Crippen molar-refractivity contribution in [3.05, 3.63) is 0 Å². The van der Waals surface area contributed by atoms with E-state index in [1.165, 1.54) is 0 Å². The first kappa shape index (κ1) is 25.1. The van der Waals surface area contributed by atoms with Gasteiger partial charge in [0, 0.05) is 19.6 Å². The Morgan fingerprint density at radius 3 is 2.27 bits per heavy atom. The fraction of sp³-hybridized carbons (Fsp3) is 0.944. The summed E-state index contributed by atoms with van der Waals surface area (Å²) >= 11 is 0. The molecule has 0 radical (unpaired) electrons. The summed E-state index contributed by atoms with van der Waals surface area (Å²) in [7, 11) is 0. The molecule has 0 saturated carbocycles. The number of carbonyl (C=O) groups excluding carboxylic acids is 1. The molecule has 8 nitrogen and oxygen atoms in total. The molecule has 0 aromatic rings. The van der Waals surface area contributed by atoms with Crippen LogP contribution in [0.5, 0.6) is 0 Å². The maximum atomic E-state index is 11.7. The smallest absolute Gasteiger partial charge is 0.407 e. The summed E-state index contributed by atoms with van der Waals surface area (Å²) < 4.78 is 5.18. The third-order valence-electron chi connectivity index (χ3n) is 3.84. The number of amides is 1. The molecule has 0 aliphatic heterocycles. The summed E-state index contributed by atoms with van der Waals surface area (Å²) in [5.74, 6) is 0. The molecule has 3 atom stereocenters. The van der Waals surface area contributed by atoms with Crippen molar-refractivity contribution in [1.82, 2.24) is 10.2 Å². The van der Waals surface area contributed by atoms with Crippen molar-refractivity contribution in [1.29, 1.82) is 0 Å². The van der Waals surface area contributed by atoms with Gasteiger partial charge in [-0.1, -0.05) is 26.2 Å². The van der Waals surface area contributed by atoms with Crippen LogP contribution in [-0.2, 0) is 4.74 Å². The molecule has 1 amide bonds. The third-order valence-corrected chi connectivity index (χ3v) is 3.84. The van der Waals surface area contributed by atoms with Crippen molar-refractivity contribution in [3.63, 3.8) is 0 Å². The molecular weight excluding hydrogens is 340 g/mol. The molecule has 3 unspecified atom stereocenters. The molecule has 0 aliphatic carbocycles. The molecule has 0 fully saturated rings. The zero-order valence-corrected chi connectivity index (χ0v) is 16.6. The van der Waals surface area contributed by atoms with Gasteiger partial charge in [0.2, 0.25) is 0 Å². The summed E-state index contributed by atoms with van der Waals surface area (Å²) in [6, 6.07) is 0. The van der Waals surface area contributed by atoms with Crippen LogP contribution in [0.2, 0.25) is 0 Å². The fourth-order valence-electron chi connectivity index (χ4n) is 2.42. The van der Waals surface area contributed by atoms with E-state index in [0.29, 0.717) is 19.6 Å². The van der Waals surface area contributed by atoms with Gasteiger partial charge in [-0.05, 0) is 33.7 Å². The van der Waals surface area contributed by atoms with E-state index in [4.69, 9.17) is 9.84 Å². The van der Waals surface area contributed by atoms with E-state index < -0.39 is 36.6 Å². The number of carbonyl (C=O) groups is 1. The van der Waals surface area contributed by atoms with Gasteiger partial charge in [-0.3, -0.25) is 4.90 Å². The normalized spacial score (nSPS) is 15.6. The van der Waals surface area contributed by atoms with Crippen LogP contribution in [0.4, 0.5) is 4.79 Å². The highest BCUT2D eigenvalue weighted by atomic mass is 16.6. The van der Waals surface area contributed by atoms with Crippen molar-refractivity contribution in [2.24, 2.45) is 0 Å². The lowest BCUT2D eigenvalue weighted by atomic mass is 10.1. The molecule has 5 N–H and O–H groups in total. The Balaban J connectivity index is 4.47. The molecule has 0 aromatic heterocycles. The largest absolute Gasteiger partial charge is 0.444 e. The molecular formula is C18H38N2O6. The van der Waals surface area contributed by atoms with Gasteiger partial charge >= 0.3 is 6.09 Å². The molecule has 0 bridgehead atoms. The van der Waals surface area contributed by atoms with E-state index in [-0.39, 0.29) is 6.54 Å². The van der Waals surface area contributed by atoms with Gasteiger partial charge in [-0.15, -0.1) is 0 Å². The molecule has 8 heteroatoms. The van der Waals surface area contributed by atoms with Crippen LogP contribution in [0.25, 0.3) is 0 Å². The number of aliphatic hydroxyl groups excluding tert-OH is 4.